The van der Waals surface area contributed by atoms with Crippen LogP contribution in [0.3, 0.4) is 0 Å². The summed E-state index contributed by atoms with van der Waals surface area (Å²) in [5.74, 6) is 0.316. The third-order valence-corrected chi connectivity index (χ3v) is 4.83. The molecule has 4 rings (SSSR count). The molecule has 1 amide bonds. The summed E-state index contributed by atoms with van der Waals surface area (Å²) in [6.07, 6.45) is 3.12. The second kappa shape index (κ2) is 7.79. The normalized spacial score (nSPS) is 13.7. The van der Waals surface area contributed by atoms with Gasteiger partial charge in [0.1, 0.15) is 5.75 Å². The lowest BCUT2D eigenvalue weighted by Crippen LogP contribution is -2.21. The number of rotatable bonds is 6. The molecule has 0 spiro atoms. The highest BCUT2D eigenvalue weighted by atomic mass is 16.5. The van der Waals surface area contributed by atoms with Crippen molar-refractivity contribution in [2.24, 2.45) is 11.0 Å². The Kier molecular flexibility index (Phi) is 5.03. The van der Waals surface area contributed by atoms with Gasteiger partial charge in [0.05, 0.1) is 24.1 Å². The van der Waals surface area contributed by atoms with Crippen molar-refractivity contribution in [3.8, 4) is 17.3 Å². The molecule has 148 valence electrons. The van der Waals surface area contributed by atoms with Crippen molar-refractivity contribution < 1.29 is 14.6 Å². The fraction of sp³-hybridized carbons (Fsp3) is 0.227. The number of carbonyl (C=O) groups excluding carboxylic acids is 1. The quantitative estimate of drug-likeness (QED) is 0.499. The van der Waals surface area contributed by atoms with Gasteiger partial charge >= 0.3 is 0 Å². The Hall–Kier alpha value is -3.61. The molecule has 7 heteroatoms. The van der Waals surface area contributed by atoms with Crippen molar-refractivity contribution in [1.82, 2.24) is 9.99 Å². The second-order valence-electron chi connectivity index (χ2n) is 6.86. The summed E-state index contributed by atoms with van der Waals surface area (Å²) < 4.78 is 6.66. The molecule has 1 heterocycles. The molecule has 1 aliphatic carbocycles. The van der Waals surface area contributed by atoms with E-state index in [1.165, 1.54) is 10.8 Å². The minimum absolute atomic E-state index is 0.0234. The standard InChI is InChI=1S/C22H21N3O4/c1-2-29-16-11-9-15(10-12-16)25-21(27)18-6-4-3-5-17(18)19(22(25)28)13-23-24-20(26)14-7-8-14/h3-6,9-14,28H,2,7-8H2,1H3,(H,24,26)/b23-13+. The number of nitrogens with one attached hydrogen (secondary N) is 1. The number of hydrazone groups is 1. The Morgan fingerprint density at radius 3 is 2.55 bits per heavy atom. The second-order valence-corrected chi connectivity index (χ2v) is 6.86. The lowest BCUT2D eigenvalue weighted by molar-refractivity contribution is -0.122. The smallest absolute Gasteiger partial charge is 0.265 e. The van der Waals surface area contributed by atoms with Crippen molar-refractivity contribution >= 4 is 22.9 Å². The first-order chi connectivity index (χ1) is 14.1. The number of fused-ring (bicyclic) bond motifs is 1. The van der Waals surface area contributed by atoms with Gasteiger partial charge in [-0.05, 0) is 50.1 Å². The largest absolute Gasteiger partial charge is 0.494 e. The van der Waals surface area contributed by atoms with E-state index in [0.717, 1.165) is 12.8 Å². The van der Waals surface area contributed by atoms with Crippen molar-refractivity contribution in [1.29, 1.82) is 0 Å². The summed E-state index contributed by atoms with van der Waals surface area (Å²) in [5, 5.41) is 15.9. The minimum atomic E-state index is -0.346. The highest BCUT2D eigenvalue weighted by Gasteiger charge is 2.29. The molecule has 0 atom stereocenters. The van der Waals surface area contributed by atoms with E-state index in [9.17, 15) is 14.7 Å². The Morgan fingerprint density at radius 2 is 1.90 bits per heavy atom. The van der Waals surface area contributed by atoms with Crippen LogP contribution in [0.1, 0.15) is 25.3 Å². The number of benzene rings is 2. The third kappa shape index (κ3) is 3.71. The molecule has 0 radical (unpaired) electrons. The average Bonchev–Trinajstić information content (AvgIpc) is 3.57. The lowest BCUT2D eigenvalue weighted by atomic mass is 10.1. The van der Waals surface area contributed by atoms with Crippen molar-refractivity contribution in [2.45, 2.75) is 19.8 Å². The number of aromatic hydroxyl groups is 1. The highest BCUT2D eigenvalue weighted by molar-refractivity contribution is 6.02. The van der Waals surface area contributed by atoms with Crippen LogP contribution in [0.15, 0.2) is 58.4 Å². The maximum absolute atomic E-state index is 13.0. The monoisotopic (exact) mass is 391 g/mol. The number of nitrogens with zero attached hydrogens (tertiary/aromatic N) is 2. The molecule has 1 saturated carbocycles. The zero-order valence-electron chi connectivity index (χ0n) is 16.0. The topological polar surface area (TPSA) is 92.9 Å². The van der Waals surface area contributed by atoms with E-state index in [4.69, 9.17) is 4.74 Å². The van der Waals surface area contributed by atoms with Gasteiger partial charge < -0.3 is 9.84 Å². The number of pyridine rings is 1. The number of ether oxygens (including phenoxy) is 1. The van der Waals surface area contributed by atoms with E-state index in [2.05, 4.69) is 10.5 Å². The molecule has 0 bridgehead atoms. The van der Waals surface area contributed by atoms with Crippen LogP contribution in [0.5, 0.6) is 11.6 Å². The maximum atomic E-state index is 13.0. The molecule has 1 aliphatic rings. The number of carbonyl (C=O) groups is 1. The summed E-state index contributed by atoms with van der Waals surface area (Å²) in [6.45, 7) is 2.43. The molecule has 7 nitrogen and oxygen atoms in total. The SMILES string of the molecule is CCOc1ccc(-n2c(O)c(/C=N/NC(=O)C3CC3)c3ccccc3c2=O)cc1. The summed E-state index contributed by atoms with van der Waals surface area (Å²) >= 11 is 0. The summed E-state index contributed by atoms with van der Waals surface area (Å²) in [5.41, 5.74) is 3.00. The molecule has 3 aromatic rings. The van der Waals surface area contributed by atoms with E-state index in [0.29, 0.717) is 34.4 Å². The predicted molar refractivity (Wildman–Crippen MR) is 111 cm³/mol. The van der Waals surface area contributed by atoms with Crippen LogP contribution in [0, 0.1) is 5.92 Å². The van der Waals surface area contributed by atoms with Gasteiger partial charge in [0.25, 0.3) is 5.56 Å². The van der Waals surface area contributed by atoms with Crippen molar-refractivity contribution in [3.63, 3.8) is 0 Å². The molecule has 2 N–H and O–H groups in total. The summed E-state index contributed by atoms with van der Waals surface area (Å²) in [6, 6.07) is 13.9. The van der Waals surface area contributed by atoms with E-state index >= 15 is 0 Å². The van der Waals surface area contributed by atoms with Crippen LogP contribution in [0.4, 0.5) is 0 Å². The van der Waals surface area contributed by atoms with Crippen LogP contribution in [-0.4, -0.2) is 28.4 Å². The maximum Gasteiger partial charge on any atom is 0.265 e. The molecular weight excluding hydrogens is 370 g/mol. The van der Waals surface area contributed by atoms with Crippen LogP contribution in [-0.2, 0) is 4.79 Å². The van der Waals surface area contributed by atoms with Crippen molar-refractivity contribution in [3.05, 3.63) is 64.4 Å². The van der Waals surface area contributed by atoms with E-state index in [-0.39, 0.29) is 23.3 Å². The third-order valence-electron chi connectivity index (χ3n) is 4.83. The fourth-order valence-corrected chi connectivity index (χ4v) is 3.18. The highest BCUT2D eigenvalue weighted by Crippen LogP contribution is 2.29. The molecule has 1 fully saturated rings. The van der Waals surface area contributed by atoms with Gasteiger partial charge in [-0.3, -0.25) is 9.59 Å². The first-order valence-electron chi connectivity index (χ1n) is 9.53. The first-order valence-corrected chi connectivity index (χ1v) is 9.53. The zero-order chi connectivity index (χ0) is 20.4. The molecule has 0 unspecified atom stereocenters. The van der Waals surface area contributed by atoms with Gasteiger partial charge in [-0.25, -0.2) is 9.99 Å². The minimum Gasteiger partial charge on any atom is -0.494 e. The van der Waals surface area contributed by atoms with Gasteiger partial charge in [-0.2, -0.15) is 5.10 Å². The van der Waals surface area contributed by atoms with E-state index < -0.39 is 0 Å². The number of hydrogen-bond donors (Lipinski definition) is 2. The molecule has 0 aliphatic heterocycles. The number of amides is 1. The first kappa shape index (κ1) is 18.7. The van der Waals surface area contributed by atoms with Gasteiger partial charge in [0, 0.05) is 16.7 Å². The van der Waals surface area contributed by atoms with Crippen LogP contribution >= 0.6 is 0 Å². The summed E-state index contributed by atoms with van der Waals surface area (Å²) in [4.78, 5) is 24.9. The number of hydrogen-bond acceptors (Lipinski definition) is 5. The lowest BCUT2D eigenvalue weighted by Gasteiger charge is -2.14. The zero-order valence-corrected chi connectivity index (χ0v) is 16.0. The van der Waals surface area contributed by atoms with Gasteiger partial charge in [-0.1, -0.05) is 18.2 Å². The fourth-order valence-electron chi connectivity index (χ4n) is 3.18. The Morgan fingerprint density at radius 1 is 1.21 bits per heavy atom. The predicted octanol–water partition coefficient (Wildman–Crippen LogP) is 2.96. The Labute approximate surface area is 167 Å². The van der Waals surface area contributed by atoms with Crippen LogP contribution < -0.4 is 15.7 Å². The number of aromatic nitrogens is 1. The van der Waals surface area contributed by atoms with E-state index in [1.807, 2.05) is 6.92 Å². The Bertz CT molecular complexity index is 1150. The van der Waals surface area contributed by atoms with Crippen LogP contribution in [0.2, 0.25) is 0 Å². The van der Waals surface area contributed by atoms with Gasteiger partial charge in [-0.15, -0.1) is 0 Å². The van der Waals surface area contributed by atoms with E-state index in [1.54, 1.807) is 48.5 Å². The molecule has 2 aromatic carbocycles. The van der Waals surface area contributed by atoms with Gasteiger partial charge in [0.2, 0.25) is 11.8 Å². The van der Waals surface area contributed by atoms with Crippen LogP contribution in [0.25, 0.3) is 16.5 Å². The summed E-state index contributed by atoms with van der Waals surface area (Å²) in [7, 11) is 0. The molecule has 1 aromatic heterocycles. The average molecular weight is 391 g/mol. The van der Waals surface area contributed by atoms with Gasteiger partial charge in [0.15, 0.2) is 0 Å². The van der Waals surface area contributed by atoms with Crippen molar-refractivity contribution in [2.75, 3.05) is 6.61 Å². The molecule has 0 saturated heterocycles. The molecular formula is C22H21N3O4. The molecule has 29 heavy (non-hydrogen) atoms. The Balaban J connectivity index is 1.81.